The number of nitrogens with zero attached hydrogens (tertiary/aromatic N) is 1. The van der Waals surface area contributed by atoms with Crippen LogP contribution < -0.4 is 10.6 Å². The Hall–Kier alpha value is -0.610. The van der Waals surface area contributed by atoms with Crippen LogP contribution in [0.2, 0.25) is 0 Å². The van der Waals surface area contributed by atoms with E-state index in [1.165, 1.54) is 38.5 Å². The van der Waals surface area contributed by atoms with Crippen LogP contribution in [-0.2, 0) is 4.79 Å². The summed E-state index contributed by atoms with van der Waals surface area (Å²) >= 11 is 0. The minimum atomic E-state index is -0.402. The van der Waals surface area contributed by atoms with Gasteiger partial charge in [-0.2, -0.15) is 0 Å². The Bertz CT molecular complexity index is 329. The summed E-state index contributed by atoms with van der Waals surface area (Å²) < 4.78 is 0. The number of hydrogen-bond donors (Lipinski definition) is 2. The zero-order valence-corrected chi connectivity index (χ0v) is 14.1. The fourth-order valence-corrected chi connectivity index (χ4v) is 3.68. The Kier molecular flexibility index (Phi) is 6.06. The molecule has 2 aliphatic rings. The van der Waals surface area contributed by atoms with Crippen LogP contribution in [0, 0.1) is 5.92 Å². The zero-order chi connectivity index (χ0) is 15.3. The van der Waals surface area contributed by atoms with Gasteiger partial charge in [0.25, 0.3) is 0 Å². The summed E-state index contributed by atoms with van der Waals surface area (Å²) in [4.78, 5) is 15.0. The van der Waals surface area contributed by atoms with E-state index in [1.54, 1.807) is 0 Å². The number of piperazine rings is 1. The van der Waals surface area contributed by atoms with Gasteiger partial charge in [0, 0.05) is 32.2 Å². The topological polar surface area (TPSA) is 44.4 Å². The predicted molar refractivity (Wildman–Crippen MR) is 87.3 cm³/mol. The van der Waals surface area contributed by atoms with Crippen molar-refractivity contribution in [2.75, 3.05) is 26.2 Å². The van der Waals surface area contributed by atoms with Crippen molar-refractivity contribution in [2.24, 2.45) is 5.92 Å². The van der Waals surface area contributed by atoms with Gasteiger partial charge in [-0.15, -0.1) is 0 Å². The van der Waals surface area contributed by atoms with E-state index in [0.29, 0.717) is 12.0 Å². The van der Waals surface area contributed by atoms with Gasteiger partial charge in [-0.05, 0) is 39.5 Å². The fraction of sp³-hybridized carbons (Fsp3) is 0.941. The Labute approximate surface area is 130 Å². The molecule has 0 bridgehead atoms. The van der Waals surface area contributed by atoms with E-state index < -0.39 is 5.54 Å². The van der Waals surface area contributed by atoms with Crippen molar-refractivity contribution in [3.63, 3.8) is 0 Å². The smallest absolute Gasteiger partial charge is 0.240 e. The lowest BCUT2D eigenvalue weighted by Gasteiger charge is -2.40. The van der Waals surface area contributed by atoms with E-state index in [2.05, 4.69) is 36.3 Å². The minimum Gasteiger partial charge on any atom is -0.352 e. The summed E-state index contributed by atoms with van der Waals surface area (Å²) in [5.74, 6) is 0.858. The highest BCUT2D eigenvalue weighted by Crippen LogP contribution is 2.26. The SMILES string of the molecule is C[C@@H](NC(=O)C(C)(C)N1CCNCC1)C1CCCCCC1. The Morgan fingerprint density at radius 2 is 1.71 bits per heavy atom. The molecular formula is C17H33N3O. The maximum Gasteiger partial charge on any atom is 0.240 e. The Morgan fingerprint density at radius 3 is 2.29 bits per heavy atom. The minimum absolute atomic E-state index is 0.196. The Balaban J connectivity index is 1.89. The first kappa shape index (κ1) is 16.8. The molecule has 1 heterocycles. The summed E-state index contributed by atoms with van der Waals surface area (Å²) in [5.41, 5.74) is -0.402. The van der Waals surface area contributed by atoms with Crippen molar-refractivity contribution < 1.29 is 4.79 Å². The summed E-state index contributed by atoms with van der Waals surface area (Å²) in [6.45, 7) is 10.2. The van der Waals surface area contributed by atoms with Gasteiger partial charge in [0.15, 0.2) is 0 Å². The molecule has 1 atom stereocenters. The van der Waals surface area contributed by atoms with Crippen LogP contribution in [-0.4, -0.2) is 48.6 Å². The third kappa shape index (κ3) is 4.43. The van der Waals surface area contributed by atoms with Crippen molar-refractivity contribution in [2.45, 2.75) is 70.9 Å². The lowest BCUT2D eigenvalue weighted by atomic mass is 9.91. The maximum atomic E-state index is 12.7. The number of carbonyl (C=O) groups is 1. The van der Waals surface area contributed by atoms with Crippen molar-refractivity contribution in [1.82, 2.24) is 15.5 Å². The third-order valence-electron chi connectivity index (χ3n) is 5.43. The average molecular weight is 295 g/mol. The normalized spacial score (nSPS) is 24.3. The number of nitrogens with one attached hydrogen (secondary N) is 2. The first-order chi connectivity index (χ1) is 10.0. The molecular weight excluding hydrogens is 262 g/mol. The second-order valence-corrected chi connectivity index (χ2v) is 7.31. The molecule has 2 N–H and O–H groups in total. The van der Waals surface area contributed by atoms with Crippen LogP contribution in [0.15, 0.2) is 0 Å². The van der Waals surface area contributed by atoms with E-state index in [1.807, 2.05) is 0 Å². The highest BCUT2D eigenvalue weighted by atomic mass is 16.2. The summed E-state index contributed by atoms with van der Waals surface area (Å²) in [7, 11) is 0. The van der Waals surface area contributed by atoms with Crippen LogP contribution in [0.4, 0.5) is 0 Å². The summed E-state index contributed by atoms with van der Waals surface area (Å²) in [5, 5.41) is 6.67. The van der Waals surface area contributed by atoms with Crippen molar-refractivity contribution in [3.05, 3.63) is 0 Å². The molecule has 1 aliphatic heterocycles. The van der Waals surface area contributed by atoms with Gasteiger partial charge in [-0.1, -0.05) is 25.7 Å². The number of rotatable bonds is 4. The van der Waals surface area contributed by atoms with E-state index in [-0.39, 0.29) is 5.91 Å². The average Bonchev–Trinajstić information content (AvgIpc) is 2.77. The number of hydrogen-bond acceptors (Lipinski definition) is 3. The molecule has 4 heteroatoms. The summed E-state index contributed by atoms with van der Waals surface area (Å²) in [6.07, 6.45) is 7.93. The monoisotopic (exact) mass is 295 g/mol. The molecule has 2 rings (SSSR count). The van der Waals surface area contributed by atoms with Gasteiger partial charge in [-0.25, -0.2) is 0 Å². The first-order valence-electron chi connectivity index (χ1n) is 8.78. The molecule has 1 amide bonds. The summed E-state index contributed by atoms with van der Waals surface area (Å²) in [6, 6.07) is 0.304. The molecule has 0 aromatic rings. The van der Waals surface area contributed by atoms with Gasteiger partial charge in [0.2, 0.25) is 5.91 Å². The molecule has 1 saturated heterocycles. The van der Waals surface area contributed by atoms with Gasteiger partial charge in [0.1, 0.15) is 0 Å². The molecule has 0 unspecified atom stereocenters. The second kappa shape index (κ2) is 7.59. The molecule has 122 valence electrons. The molecule has 0 aromatic carbocycles. The van der Waals surface area contributed by atoms with E-state index in [0.717, 1.165) is 26.2 Å². The van der Waals surface area contributed by atoms with Gasteiger partial charge in [0.05, 0.1) is 5.54 Å². The van der Waals surface area contributed by atoms with Crippen molar-refractivity contribution in [1.29, 1.82) is 0 Å². The van der Waals surface area contributed by atoms with Gasteiger partial charge < -0.3 is 10.6 Å². The third-order valence-corrected chi connectivity index (χ3v) is 5.43. The van der Waals surface area contributed by atoms with Crippen molar-refractivity contribution in [3.8, 4) is 0 Å². The second-order valence-electron chi connectivity index (χ2n) is 7.31. The highest BCUT2D eigenvalue weighted by molar-refractivity contribution is 5.85. The van der Waals surface area contributed by atoms with E-state index in [4.69, 9.17) is 0 Å². The Morgan fingerprint density at radius 1 is 1.14 bits per heavy atom. The highest BCUT2D eigenvalue weighted by Gasteiger charge is 2.36. The molecule has 21 heavy (non-hydrogen) atoms. The molecule has 2 fully saturated rings. The standard InChI is InChI=1S/C17H33N3O/c1-14(15-8-6-4-5-7-9-15)19-16(21)17(2,3)20-12-10-18-11-13-20/h14-15,18H,4-13H2,1-3H3,(H,19,21)/t14-/m1/s1. The number of amides is 1. The molecule has 0 spiro atoms. The van der Waals surface area contributed by atoms with Crippen LogP contribution in [0.25, 0.3) is 0 Å². The zero-order valence-electron chi connectivity index (χ0n) is 14.1. The molecule has 1 saturated carbocycles. The van der Waals surface area contributed by atoms with Crippen LogP contribution in [0.3, 0.4) is 0 Å². The van der Waals surface area contributed by atoms with Crippen LogP contribution in [0.1, 0.15) is 59.3 Å². The van der Waals surface area contributed by atoms with Crippen LogP contribution in [0.5, 0.6) is 0 Å². The number of carbonyl (C=O) groups excluding carboxylic acids is 1. The molecule has 1 aliphatic carbocycles. The predicted octanol–water partition coefficient (Wildman–Crippen LogP) is 2.15. The van der Waals surface area contributed by atoms with Gasteiger partial charge >= 0.3 is 0 Å². The lowest BCUT2D eigenvalue weighted by molar-refractivity contribution is -0.133. The molecule has 4 nitrogen and oxygen atoms in total. The fourth-order valence-electron chi connectivity index (χ4n) is 3.68. The quantitative estimate of drug-likeness (QED) is 0.781. The molecule has 0 aromatic heterocycles. The van der Waals surface area contributed by atoms with Gasteiger partial charge in [-0.3, -0.25) is 9.69 Å². The van der Waals surface area contributed by atoms with Crippen molar-refractivity contribution >= 4 is 5.91 Å². The van der Waals surface area contributed by atoms with E-state index >= 15 is 0 Å². The van der Waals surface area contributed by atoms with Crippen LogP contribution >= 0.6 is 0 Å². The lowest BCUT2D eigenvalue weighted by Crippen LogP contribution is -2.61. The molecule has 0 radical (unpaired) electrons. The maximum absolute atomic E-state index is 12.7. The first-order valence-corrected chi connectivity index (χ1v) is 8.78. The van der Waals surface area contributed by atoms with E-state index in [9.17, 15) is 4.79 Å². The largest absolute Gasteiger partial charge is 0.352 e.